The fraction of sp³-hybridized carbons (Fsp3) is 0.364. The molecule has 0 aromatic heterocycles. The van der Waals surface area contributed by atoms with Crippen molar-refractivity contribution in [2.24, 2.45) is 5.11 Å². The maximum Gasteiger partial charge on any atom is 0.341 e. The molecule has 0 N–H and O–H groups in total. The van der Waals surface area contributed by atoms with Gasteiger partial charge in [-0.1, -0.05) is 5.11 Å². The van der Waals surface area contributed by atoms with Crippen LogP contribution in [0.2, 0.25) is 0 Å². The lowest BCUT2D eigenvalue weighted by molar-refractivity contribution is 0.00648. The van der Waals surface area contributed by atoms with Gasteiger partial charge in [-0.3, -0.25) is 0 Å². The number of esters is 1. The van der Waals surface area contributed by atoms with Gasteiger partial charge in [-0.05, 0) is 44.5 Å². The van der Waals surface area contributed by atoms with Gasteiger partial charge in [-0.25, -0.2) is 9.18 Å². The third-order valence-corrected chi connectivity index (χ3v) is 1.73. The fourth-order valence-corrected chi connectivity index (χ4v) is 1.12. The Balaban J connectivity index is 3.08. The zero-order valence-electron chi connectivity index (χ0n) is 9.77. The van der Waals surface area contributed by atoms with Gasteiger partial charge >= 0.3 is 5.97 Å². The van der Waals surface area contributed by atoms with E-state index in [4.69, 9.17) is 10.3 Å². The first-order valence-electron chi connectivity index (χ1n) is 4.91. The number of azide groups is 1. The summed E-state index contributed by atoms with van der Waals surface area (Å²) in [5, 5.41) is 3.29. The summed E-state index contributed by atoms with van der Waals surface area (Å²) in [5.41, 5.74) is 7.46. The largest absolute Gasteiger partial charge is 0.456 e. The van der Waals surface area contributed by atoms with Crippen molar-refractivity contribution in [3.05, 3.63) is 40.0 Å². The molecule has 0 bridgehead atoms. The Morgan fingerprint density at radius 2 is 2.12 bits per heavy atom. The number of hydrogen-bond acceptors (Lipinski definition) is 3. The first kappa shape index (κ1) is 13.0. The minimum absolute atomic E-state index is 0.162. The number of ether oxygens (including phenoxy) is 1. The molecule has 0 unspecified atom stereocenters. The van der Waals surface area contributed by atoms with Crippen LogP contribution in [0.15, 0.2) is 23.3 Å². The van der Waals surface area contributed by atoms with Crippen molar-refractivity contribution in [2.45, 2.75) is 26.4 Å². The quantitative estimate of drug-likeness (QED) is 0.340. The van der Waals surface area contributed by atoms with E-state index >= 15 is 0 Å². The minimum atomic E-state index is -0.787. The summed E-state index contributed by atoms with van der Waals surface area (Å²) >= 11 is 0. The molecule has 0 heterocycles. The lowest BCUT2D eigenvalue weighted by Crippen LogP contribution is -2.24. The van der Waals surface area contributed by atoms with Gasteiger partial charge in [-0.2, -0.15) is 0 Å². The zero-order valence-corrected chi connectivity index (χ0v) is 9.77. The standard InChI is InChI=1S/C11H12FN3O2/c1-11(2,3)17-10(16)8-6-7(14-15-13)4-5-9(8)12/h4-6H,1-3H3. The van der Waals surface area contributed by atoms with E-state index in [1.165, 1.54) is 6.07 Å². The molecule has 0 fully saturated rings. The molecule has 90 valence electrons. The average molecular weight is 237 g/mol. The monoisotopic (exact) mass is 237 g/mol. The van der Waals surface area contributed by atoms with Crippen LogP contribution in [0.3, 0.4) is 0 Å². The van der Waals surface area contributed by atoms with Gasteiger partial charge in [0.25, 0.3) is 0 Å². The van der Waals surface area contributed by atoms with Crippen molar-refractivity contribution in [3.8, 4) is 0 Å². The van der Waals surface area contributed by atoms with Crippen LogP contribution in [0.1, 0.15) is 31.1 Å². The highest BCUT2D eigenvalue weighted by atomic mass is 19.1. The molecule has 0 atom stereocenters. The van der Waals surface area contributed by atoms with Gasteiger partial charge < -0.3 is 4.74 Å². The Labute approximate surface area is 97.8 Å². The van der Waals surface area contributed by atoms with E-state index in [1.807, 2.05) is 0 Å². The Hall–Kier alpha value is -2.07. The summed E-state index contributed by atoms with van der Waals surface area (Å²) in [6.07, 6.45) is 0. The zero-order chi connectivity index (χ0) is 13.1. The van der Waals surface area contributed by atoms with E-state index in [0.29, 0.717) is 0 Å². The number of nitrogens with zero attached hydrogens (tertiary/aromatic N) is 3. The predicted octanol–water partition coefficient (Wildman–Crippen LogP) is 3.72. The van der Waals surface area contributed by atoms with E-state index in [9.17, 15) is 9.18 Å². The number of rotatable bonds is 2. The molecule has 1 aromatic carbocycles. The molecular formula is C11H12FN3O2. The summed E-state index contributed by atoms with van der Waals surface area (Å²) in [7, 11) is 0. The third kappa shape index (κ3) is 3.77. The summed E-state index contributed by atoms with van der Waals surface area (Å²) < 4.78 is 18.4. The van der Waals surface area contributed by atoms with Gasteiger partial charge in [0.1, 0.15) is 11.4 Å². The van der Waals surface area contributed by atoms with Crippen LogP contribution < -0.4 is 0 Å². The Bertz CT molecular complexity index is 488. The minimum Gasteiger partial charge on any atom is -0.456 e. The van der Waals surface area contributed by atoms with Crippen LogP contribution in [0.5, 0.6) is 0 Å². The molecule has 1 aromatic rings. The van der Waals surface area contributed by atoms with Crippen LogP contribution in [0.25, 0.3) is 10.4 Å². The lowest BCUT2D eigenvalue weighted by Gasteiger charge is -2.19. The molecule has 0 aliphatic heterocycles. The lowest BCUT2D eigenvalue weighted by atomic mass is 10.1. The van der Waals surface area contributed by atoms with Crippen molar-refractivity contribution in [2.75, 3.05) is 0 Å². The Morgan fingerprint density at radius 1 is 1.47 bits per heavy atom. The van der Waals surface area contributed by atoms with E-state index in [1.54, 1.807) is 20.8 Å². The average Bonchev–Trinajstić information content (AvgIpc) is 2.18. The van der Waals surface area contributed by atoms with Gasteiger partial charge in [0.2, 0.25) is 0 Å². The molecule has 5 nitrogen and oxygen atoms in total. The molecule has 17 heavy (non-hydrogen) atoms. The van der Waals surface area contributed by atoms with Crippen LogP contribution >= 0.6 is 0 Å². The molecule has 0 amide bonds. The second kappa shape index (κ2) is 4.84. The maximum atomic E-state index is 13.4. The van der Waals surface area contributed by atoms with Gasteiger partial charge in [0.15, 0.2) is 0 Å². The van der Waals surface area contributed by atoms with Crippen molar-refractivity contribution in [1.82, 2.24) is 0 Å². The van der Waals surface area contributed by atoms with Crippen molar-refractivity contribution < 1.29 is 13.9 Å². The molecule has 0 aliphatic rings. The van der Waals surface area contributed by atoms with Crippen LogP contribution in [-0.2, 0) is 4.74 Å². The maximum absolute atomic E-state index is 13.4. The van der Waals surface area contributed by atoms with Crippen LogP contribution in [-0.4, -0.2) is 11.6 Å². The smallest absolute Gasteiger partial charge is 0.341 e. The number of benzene rings is 1. The van der Waals surface area contributed by atoms with E-state index in [-0.39, 0.29) is 11.3 Å². The molecular weight excluding hydrogens is 225 g/mol. The molecule has 0 saturated heterocycles. The van der Waals surface area contributed by atoms with E-state index in [2.05, 4.69) is 10.0 Å². The first-order valence-corrected chi connectivity index (χ1v) is 4.91. The summed E-state index contributed by atoms with van der Waals surface area (Å²) in [6.45, 7) is 5.04. The molecule has 0 saturated carbocycles. The highest BCUT2D eigenvalue weighted by molar-refractivity contribution is 5.90. The highest BCUT2D eigenvalue weighted by Gasteiger charge is 2.20. The molecule has 0 radical (unpaired) electrons. The molecule has 0 aliphatic carbocycles. The first-order chi connectivity index (χ1) is 7.83. The number of carbonyl (C=O) groups is 1. The molecule has 0 spiro atoms. The van der Waals surface area contributed by atoms with Crippen LogP contribution in [0, 0.1) is 5.82 Å². The van der Waals surface area contributed by atoms with Gasteiger partial charge in [0.05, 0.1) is 5.56 Å². The highest BCUT2D eigenvalue weighted by Crippen LogP contribution is 2.20. The van der Waals surface area contributed by atoms with Crippen LogP contribution in [0.4, 0.5) is 10.1 Å². The Kier molecular flexibility index (Phi) is 3.70. The van der Waals surface area contributed by atoms with Crippen molar-refractivity contribution >= 4 is 11.7 Å². The summed E-state index contributed by atoms with van der Waals surface area (Å²) in [5.74, 6) is -1.50. The Morgan fingerprint density at radius 3 is 2.65 bits per heavy atom. The van der Waals surface area contributed by atoms with Gasteiger partial charge in [0, 0.05) is 10.6 Å². The van der Waals surface area contributed by atoms with E-state index in [0.717, 1.165) is 12.1 Å². The van der Waals surface area contributed by atoms with Crippen molar-refractivity contribution in [1.29, 1.82) is 0 Å². The normalized spacial score (nSPS) is 10.6. The number of halogens is 1. The predicted molar refractivity (Wildman–Crippen MR) is 60.4 cm³/mol. The second-order valence-electron chi connectivity index (χ2n) is 4.36. The second-order valence-corrected chi connectivity index (χ2v) is 4.36. The van der Waals surface area contributed by atoms with Crippen molar-refractivity contribution in [3.63, 3.8) is 0 Å². The molecule has 1 rings (SSSR count). The van der Waals surface area contributed by atoms with E-state index < -0.39 is 17.4 Å². The SMILES string of the molecule is CC(C)(C)OC(=O)c1cc(N=[N+]=[N-])ccc1F. The summed E-state index contributed by atoms with van der Waals surface area (Å²) in [4.78, 5) is 14.2. The number of hydrogen-bond donors (Lipinski definition) is 0. The molecule has 6 heteroatoms. The third-order valence-electron chi connectivity index (χ3n) is 1.73. The summed E-state index contributed by atoms with van der Waals surface area (Å²) in [6, 6.07) is 3.50. The van der Waals surface area contributed by atoms with Gasteiger partial charge in [-0.15, -0.1) is 0 Å². The topological polar surface area (TPSA) is 75.1 Å². The fourth-order valence-electron chi connectivity index (χ4n) is 1.12. The number of carbonyl (C=O) groups excluding carboxylic acids is 1.